The Kier molecular flexibility index (Phi) is 6.22. The Hall–Kier alpha value is -3.11. The molecular formula is C25H26N2O2. The van der Waals surface area contributed by atoms with Gasteiger partial charge in [0.15, 0.2) is 0 Å². The summed E-state index contributed by atoms with van der Waals surface area (Å²) in [6.45, 7) is 1.22. The van der Waals surface area contributed by atoms with Crippen molar-refractivity contribution in [2.45, 2.75) is 31.5 Å². The van der Waals surface area contributed by atoms with Crippen LogP contribution in [0.15, 0.2) is 95.6 Å². The molecule has 0 spiro atoms. The molecule has 1 aliphatic heterocycles. The third kappa shape index (κ3) is 4.84. The standard InChI is InChI=1S/C25H26N2O2/c28-25-22(18-20-10-3-1-4-11-20)26-16-8-7-14-23(24-15-9-17-29-24)27(25)19-21-12-5-2-6-13-21/h1-13,15,17,22-23,26H,14,16,18-19H2. The van der Waals surface area contributed by atoms with Crippen LogP contribution in [0, 0.1) is 0 Å². The molecule has 148 valence electrons. The normalized spacial score (nSPS) is 20.1. The second-order valence-corrected chi connectivity index (χ2v) is 7.34. The Morgan fingerprint density at radius 3 is 2.31 bits per heavy atom. The lowest BCUT2D eigenvalue weighted by Crippen LogP contribution is -2.48. The van der Waals surface area contributed by atoms with Crippen molar-refractivity contribution in [1.82, 2.24) is 10.2 Å². The SMILES string of the molecule is O=C1C(Cc2ccccc2)NCC=CCC(c2ccco2)N1Cc1ccccc1. The third-order valence-electron chi connectivity index (χ3n) is 5.32. The molecule has 2 unspecified atom stereocenters. The number of amides is 1. The molecule has 0 saturated heterocycles. The van der Waals surface area contributed by atoms with E-state index in [-0.39, 0.29) is 18.0 Å². The molecule has 1 N–H and O–H groups in total. The van der Waals surface area contributed by atoms with Gasteiger partial charge in [0.05, 0.1) is 18.3 Å². The first-order valence-corrected chi connectivity index (χ1v) is 10.1. The van der Waals surface area contributed by atoms with E-state index in [0.717, 1.165) is 23.3 Å². The van der Waals surface area contributed by atoms with Gasteiger partial charge in [0.1, 0.15) is 5.76 Å². The monoisotopic (exact) mass is 386 g/mol. The van der Waals surface area contributed by atoms with Gasteiger partial charge in [-0.25, -0.2) is 0 Å². The zero-order valence-corrected chi connectivity index (χ0v) is 16.4. The molecule has 0 fully saturated rings. The highest BCUT2D eigenvalue weighted by molar-refractivity contribution is 5.82. The van der Waals surface area contributed by atoms with Gasteiger partial charge in [-0.2, -0.15) is 0 Å². The van der Waals surface area contributed by atoms with E-state index < -0.39 is 0 Å². The lowest BCUT2D eigenvalue weighted by molar-refractivity contribution is -0.137. The average molecular weight is 386 g/mol. The second kappa shape index (κ2) is 9.39. The summed E-state index contributed by atoms with van der Waals surface area (Å²) in [5, 5.41) is 3.43. The van der Waals surface area contributed by atoms with E-state index in [9.17, 15) is 4.79 Å². The molecule has 1 aliphatic rings. The number of carbonyl (C=O) groups is 1. The van der Waals surface area contributed by atoms with Crippen LogP contribution >= 0.6 is 0 Å². The smallest absolute Gasteiger partial charge is 0.240 e. The first-order valence-electron chi connectivity index (χ1n) is 10.1. The third-order valence-corrected chi connectivity index (χ3v) is 5.32. The predicted octanol–water partition coefficient (Wildman–Crippen LogP) is 4.51. The van der Waals surface area contributed by atoms with Crippen molar-refractivity contribution in [3.8, 4) is 0 Å². The highest BCUT2D eigenvalue weighted by Crippen LogP contribution is 2.29. The Bertz CT molecular complexity index is 920. The minimum atomic E-state index is -0.290. The number of nitrogens with one attached hydrogen (secondary N) is 1. The molecule has 1 amide bonds. The zero-order chi connectivity index (χ0) is 19.9. The van der Waals surface area contributed by atoms with Crippen LogP contribution in [-0.2, 0) is 17.8 Å². The average Bonchev–Trinajstić information content (AvgIpc) is 3.30. The maximum atomic E-state index is 13.8. The van der Waals surface area contributed by atoms with E-state index in [2.05, 4.69) is 41.7 Å². The fourth-order valence-corrected chi connectivity index (χ4v) is 3.82. The van der Waals surface area contributed by atoms with Crippen molar-refractivity contribution < 1.29 is 9.21 Å². The summed E-state index contributed by atoms with van der Waals surface area (Å²) in [5.74, 6) is 0.919. The molecule has 0 aliphatic carbocycles. The van der Waals surface area contributed by atoms with Crippen molar-refractivity contribution in [3.05, 3.63) is 108 Å². The van der Waals surface area contributed by atoms with Gasteiger partial charge in [0.25, 0.3) is 0 Å². The van der Waals surface area contributed by atoms with E-state index in [4.69, 9.17) is 4.42 Å². The predicted molar refractivity (Wildman–Crippen MR) is 114 cm³/mol. The van der Waals surface area contributed by atoms with Gasteiger partial charge >= 0.3 is 0 Å². The second-order valence-electron chi connectivity index (χ2n) is 7.34. The van der Waals surface area contributed by atoms with Crippen LogP contribution in [0.5, 0.6) is 0 Å². The van der Waals surface area contributed by atoms with E-state index in [0.29, 0.717) is 19.5 Å². The summed E-state index contributed by atoms with van der Waals surface area (Å²) in [5.41, 5.74) is 2.26. The highest BCUT2D eigenvalue weighted by atomic mass is 16.3. The molecule has 4 nitrogen and oxygen atoms in total. The van der Waals surface area contributed by atoms with Crippen LogP contribution in [0.25, 0.3) is 0 Å². The molecule has 4 heteroatoms. The first kappa shape index (κ1) is 19.2. The fourth-order valence-electron chi connectivity index (χ4n) is 3.82. The maximum absolute atomic E-state index is 13.8. The van der Waals surface area contributed by atoms with Crippen LogP contribution in [0.3, 0.4) is 0 Å². The molecule has 4 rings (SSSR count). The van der Waals surface area contributed by atoms with E-state index in [1.165, 1.54) is 0 Å². The highest BCUT2D eigenvalue weighted by Gasteiger charge is 2.32. The molecule has 2 aromatic carbocycles. The summed E-state index contributed by atoms with van der Waals surface area (Å²) in [6.07, 6.45) is 7.30. The van der Waals surface area contributed by atoms with Gasteiger partial charge in [-0.05, 0) is 36.1 Å². The summed E-state index contributed by atoms with van der Waals surface area (Å²) >= 11 is 0. The Labute approximate surface area is 171 Å². The number of furan rings is 1. The lowest BCUT2D eigenvalue weighted by atomic mass is 10.0. The van der Waals surface area contributed by atoms with Gasteiger partial charge in [-0.15, -0.1) is 0 Å². The molecular weight excluding hydrogens is 360 g/mol. The molecule has 3 aromatic rings. The maximum Gasteiger partial charge on any atom is 0.240 e. The number of hydrogen-bond acceptors (Lipinski definition) is 3. The summed E-state index contributed by atoms with van der Waals surface area (Å²) in [7, 11) is 0. The molecule has 29 heavy (non-hydrogen) atoms. The first-order chi connectivity index (χ1) is 14.3. The molecule has 0 radical (unpaired) electrons. The van der Waals surface area contributed by atoms with E-state index in [1.807, 2.05) is 53.4 Å². The Morgan fingerprint density at radius 1 is 0.897 bits per heavy atom. The minimum absolute atomic E-state index is 0.0998. The molecule has 0 bridgehead atoms. The van der Waals surface area contributed by atoms with Crippen LogP contribution < -0.4 is 5.32 Å². The number of rotatable bonds is 5. The molecule has 2 heterocycles. The largest absolute Gasteiger partial charge is 0.467 e. The minimum Gasteiger partial charge on any atom is -0.467 e. The van der Waals surface area contributed by atoms with Crippen molar-refractivity contribution in [2.75, 3.05) is 6.54 Å². The lowest BCUT2D eigenvalue weighted by Gasteiger charge is -2.33. The number of carbonyl (C=O) groups excluding carboxylic acids is 1. The van der Waals surface area contributed by atoms with Gasteiger partial charge < -0.3 is 14.6 Å². The van der Waals surface area contributed by atoms with E-state index in [1.54, 1.807) is 6.26 Å². The quantitative estimate of drug-likeness (QED) is 0.656. The van der Waals surface area contributed by atoms with Crippen LogP contribution in [-0.4, -0.2) is 23.4 Å². The number of benzene rings is 2. The zero-order valence-electron chi connectivity index (χ0n) is 16.4. The van der Waals surface area contributed by atoms with E-state index >= 15 is 0 Å². The topological polar surface area (TPSA) is 45.5 Å². The van der Waals surface area contributed by atoms with Crippen molar-refractivity contribution in [2.24, 2.45) is 0 Å². The number of hydrogen-bond donors (Lipinski definition) is 1. The fraction of sp³-hybridized carbons (Fsp3) is 0.240. The molecule has 0 saturated carbocycles. The summed E-state index contributed by atoms with van der Waals surface area (Å²) in [4.78, 5) is 15.7. The van der Waals surface area contributed by atoms with Crippen molar-refractivity contribution in [3.63, 3.8) is 0 Å². The molecule has 2 atom stereocenters. The summed E-state index contributed by atoms with van der Waals surface area (Å²) < 4.78 is 5.73. The van der Waals surface area contributed by atoms with Crippen LogP contribution in [0.2, 0.25) is 0 Å². The van der Waals surface area contributed by atoms with Crippen molar-refractivity contribution >= 4 is 5.91 Å². The van der Waals surface area contributed by atoms with Gasteiger partial charge in [0.2, 0.25) is 5.91 Å². The number of nitrogens with zero attached hydrogens (tertiary/aromatic N) is 1. The van der Waals surface area contributed by atoms with Crippen molar-refractivity contribution in [1.29, 1.82) is 0 Å². The van der Waals surface area contributed by atoms with Crippen LogP contribution in [0.4, 0.5) is 0 Å². The Balaban J connectivity index is 1.67. The summed E-state index contributed by atoms with van der Waals surface area (Å²) in [6, 6.07) is 23.7. The van der Waals surface area contributed by atoms with Crippen LogP contribution in [0.1, 0.15) is 29.3 Å². The van der Waals surface area contributed by atoms with Gasteiger partial charge in [-0.1, -0.05) is 72.8 Å². The van der Waals surface area contributed by atoms with Gasteiger partial charge in [-0.3, -0.25) is 4.79 Å². The van der Waals surface area contributed by atoms with Gasteiger partial charge in [0, 0.05) is 13.1 Å². The molecule has 1 aromatic heterocycles. The Morgan fingerprint density at radius 2 is 1.62 bits per heavy atom.